The molecule has 2 aromatic carbocycles. The van der Waals surface area contributed by atoms with Crippen LogP contribution in [-0.2, 0) is 0 Å². The molecule has 5 aromatic rings. The van der Waals surface area contributed by atoms with E-state index >= 15 is 0 Å². The van der Waals surface area contributed by atoms with E-state index in [9.17, 15) is 9.59 Å². The normalized spacial score (nSPS) is 14.1. The van der Waals surface area contributed by atoms with Gasteiger partial charge in [0.25, 0.3) is 11.5 Å². The zero-order valence-corrected chi connectivity index (χ0v) is 18.9. The Morgan fingerprint density at radius 3 is 2.49 bits per heavy atom. The Morgan fingerprint density at radius 2 is 1.69 bits per heavy atom. The highest BCUT2D eigenvalue weighted by Gasteiger charge is 2.23. The van der Waals surface area contributed by atoms with Crippen molar-refractivity contribution in [2.75, 3.05) is 36.8 Å². The number of rotatable bonds is 3. The molecule has 4 N–H and O–H groups in total. The highest BCUT2D eigenvalue weighted by molar-refractivity contribution is 6.04. The Hall–Kier alpha value is -4.66. The predicted octanol–water partition coefficient (Wildman–Crippen LogP) is 3.01. The number of fused-ring (bicyclic) bond motifs is 2. The second-order valence-electron chi connectivity index (χ2n) is 8.59. The molecule has 1 aliphatic heterocycles. The number of nitrogen functional groups attached to an aromatic ring is 1. The van der Waals surface area contributed by atoms with Crippen molar-refractivity contribution < 1.29 is 4.79 Å². The highest BCUT2D eigenvalue weighted by atomic mass is 16.2. The number of hydrogen-bond donors (Lipinski definition) is 3. The summed E-state index contributed by atoms with van der Waals surface area (Å²) >= 11 is 0. The number of aromatic nitrogens is 4. The molecule has 35 heavy (non-hydrogen) atoms. The third-order valence-electron chi connectivity index (χ3n) is 6.52. The minimum Gasteiger partial charge on any atom is -0.396 e. The fraction of sp³-hybridized carbons (Fsp3) is 0.154. The van der Waals surface area contributed by atoms with E-state index in [4.69, 9.17) is 5.73 Å². The third kappa shape index (κ3) is 3.67. The van der Waals surface area contributed by atoms with Crippen LogP contribution in [0.2, 0.25) is 0 Å². The number of nitrogens with zero attached hydrogens (tertiary/aromatic N) is 4. The molecule has 1 aliphatic rings. The molecular weight excluding hydrogens is 442 g/mol. The lowest BCUT2D eigenvalue weighted by molar-refractivity contribution is 0.0747. The molecular formula is C26H23N7O2. The van der Waals surface area contributed by atoms with Gasteiger partial charge in [-0.05, 0) is 42.5 Å². The molecule has 9 nitrogen and oxygen atoms in total. The van der Waals surface area contributed by atoms with Crippen LogP contribution in [-0.4, -0.2) is 56.9 Å². The average molecular weight is 466 g/mol. The van der Waals surface area contributed by atoms with Gasteiger partial charge < -0.3 is 25.5 Å². The van der Waals surface area contributed by atoms with Gasteiger partial charge in [-0.1, -0.05) is 12.1 Å². The van der Waals surface area contributed by atoms with Gasteiger partial charge in [-0.3, -0.25) is 14.6 Å². The number of amides is 1. The molecule has 0 atom stereocenters. The van der Waals surface area contributed by atoms with Gasteiger partial charge in [-0.25, -0.2) is 4.98 Å². The Balaban J connectivity index is 1.28. The number of piperazine rings is 1. The van der Waals surface area contributed by atoms with E-state index in [1.807, 2.05) is 41.3 Å². The van der Waals surface area contributed by atoms with Gasteiger partial charge in [-0.15, -0.1) is 0 Å². The van der Waals surface area contributed by atoms with Gasteiger partial charge in [-0.2, -0.15) is 0 Å². The van der Waals surface area contributed by atoms with Crippen molar-refractivity contribution in [2.24, 2.45) is 0 Å². The van der Waals surface area contributed by atoms with Gasteiger partial charge in [0, 0.05) is 60.7 Å². The number of carbonyl (C=O) groups is 1. The van der Waals surface area contributed by atoms with E-state index in [0.29, 0.717) is 46.5 Å². The SMILES string of the molecule is Nc1c(-c2nc3ccccc3[nH]c2=O)[nH]c2ccc(C(=O)N3CCN(c4ccncc4)CC3)cc12. The van der Waals surface area contributed by atoms with E-state index in [0.717, 1.165) is 24.3 Å². The molecule has 0 bridgehead atoms. The first-order valence-electron chi connectivity index (χ1n) is 11.4. The minimum absolute atomic E-state index is 0.0369. The van der Waals surface area contributed by atoms with Crippen LogP contribution in [0.4, 0.5) is 11.4 Å². The summed E-state index contributed by atoms with van der Waals surface area (Å²) in [6.07, 6.45) is 3.55. The van der Waals surface area contributed by atoms with Gasteiger partial charge >= 0.3 is 0 Å². The average Bonchev–Trinajstić information content (AvgIpc) is 3.24. The number of carbonyl (C=O) groups excluding carboxylic acids is 1. The number of anilines is 2. The van der Waals surface area contributed by atoms with E-state index < -0.39 is 0 Å². The Bertz CT molecular complexity index is 1620. The molecule has 174 valence electrons. The van der Waals surface area contributed by atoms with Crippen LogP contribution < -0.4 is 16.2 Å². The summed E-state index contributed by atoms with van der Waals surface area (Å²) in [6.45, 7) is 2.77. The molecule has 1 fully saturated rings. The number of pyridine rings is 1. The Labute approximate surface area is 200 Å². The molecule has 0 radical (unpaired) electrons. The summed E-state index contributed by atoms with van der Waals surface area (Å²) in [7, 11) is 0. The van der Waals surface area contributed by atoms with Crippen molar-refractivity contribution in [1.29, 1.82) is 0 Å². The van der Waals surface area contributed by atoms with Crippen LogP contribution in [0.1, 0.15) is 10.4 Å². The van der Waals surface area contributed by atoms with Crippen LogP contribution in [0.5, 0.6) is 0 Å². The van der Waals surface area contributed by atoms with Gasteiger partial charge in [0.05, 0.1) is 22.4 Å². The van der Waals surface area contributed by atoms with Crippen molar-refractivity contribution in [1.82, 2.24) is 24.8 Å². The fourth-order valence-electron chi connectivity index (χ4n) is 4.64. The monoisotopic (exact) mass is 465 g/mol. The van der Waals surface area contributed by atoms with Crippen molar-refractivity contribution >= 4 is 39.2 Å². The van der Waals surface area contributed by atoms with Crippen LogP contribution in [0, 0.1) is 0 Å². The highest BCUT2D eigenvalue weighted by Crippen LogP contribution is 2.31. The van der Waals surface area contributed by atoms with E-state index in [2.05, 4.69) is 24.8 Å². The van der Waals surface area contributed by atoms with Crippen molar-refractivity contribution in [3.8, 4) is 11.4 Å². The van der Waals surface area contributed by atoms with Crippen molar-refractivity contribution in [2.45, 2.75) is 0 Å². The molecule has 0 unspecified atom stereocenters. The maximum Gasteiger partial charge on any atom is 0.276 e. The first-order chi connectivity index (χ1) is 17.1. The summed E-state index contributed by atoms with van der Waals surface area (Å²) in [5, 5.41) is 0.690. The van der Waals surface area contributed by atoms with Crippen LogP contribution >= 0.6 is 0 Å². The third-order valence-corrected chi connectivity index (χ3v) is 6.52. The van der Waals surface area contributed by atoms with E-state index in [1.165, 1.54) is 0 Å². The molecule has 1 saturated heterocycles. The molecule has 4 heterocycles. The lowest BCUT2D eigenvalue weighted by Gasteiger charge is -2.36. The van der Waals surface area contributed by atoms with E-state index in [1.54, 1.807) is 30.6 Å². The second kappa shape index (κ2) is 8.28. The van der Waals surface area contributed by atoms with E-state index in [-0.39, 0.29) is 17.2 Å². The number of benzene rings is 2. The lowest BCUT2D eigenvalue weighted by Crippen LogP contribution is -2.48. The number of hydrogen-bond acceptors (Lipinski definition) is 6. The number of nitrogens with two attached hydrogens (primary N) is 1. The zero-order valence-electron chi connectivity index (χ0n) is 18.9. The Morgan fingerprint density at radius 1 is 0.914 bits per heavy atom. The van der Waals surface area contributed by atoms with Crippen LogP contribution in [0.3, 0.4) is 0 Å². The standard InChI is InChI=1S/C26H23N7O2/c27-22-18-15-16(26(35)33-13-11-32(12-14-33)17-7-9-28-10-8-17)5-6-19(18)29-23(22)24-25(34)31-21-4-2-1-3-20(21)30-24/h1-10,15,29H,11-14,27H2,(H,31,34). The lowest BCUT2D eigenvalue weighted by atomic mass is 10.1. The molecule has 0 saturated carbocycles. The summed E-state index contributed by atoms with van der Waals surface area (Å²) in [5.74, 6) is -0.0369. The first-order valence-corrected chi connectivity index (χ1v) is 11.4. The summed E-state index contributed by atoms with van der Waals surface area (Å²) in [5.41, 5.74) is 10.9. The van der Waals surface area contributed by atoms with Crippen molar-refractivity contribution in [3.05, 3.63) is 82.9 Å². The quantitative estimate of drug-likeness (QED) is 0.376. The van der Waals surface area contributed by atoms with Crippen LogP contribution in [0.15, 0.2) is 71.8 Å². The predicted molar refractivity (Wildman–Crippen MR) is 136 cm³/mol. The smallest absolute Gasteiger partial charge is 0.276 e. The molecule has 1 amide bonds. The molecule has 3 aromatic heterocycles. The van der Waals surface area contributed by atoms with Gasteiger partial charge in [0.1, 0.15) is 0 Å². The fourth-order valence-corrected chi connectivity index (χ4v) is 4.64. The molecule has 6 rings (SSSR count). The minimum atomic E-state index is -0.328. The van der Waals surface area contributed by atoms with Crippen molar-refractivity contribution in [3.63, 3.8) is 0 Å². The first kappa shape index (κ1) is 20.9. The maximum absolute atomic E-state index is 13.3. The second-order valence-corrected chi connectivity index (χ2v) is 8.59. The van der Waals surface area contributed by atoms with Gasteiger partial charge in [0.15, 0.2) is 5.69 Å². The maximum atomic E-state index is 13.3. The largest absolute Gasteiger partial charge is 0.396 e. The number of nitrogens with one attached hydrogen (secondary N) is 2. The number of aromatic amines is 2. The topological polar surface area (TPSA) is 124 Å². The molecule has 9 heteroatoms. The zero-order chi connectivity index (χ0) is 23.9. The summed E-state index contributed by atoms with van der Waals surface area (Å²) in [4.78, 5) is 44.7. The molecule has 0 spiro atoms. The summed E-state index contributed by atoms with van der Waals surface area (Å²) in [6, 6.07) is 16.7. The summed E-state index contributed by atoms with van der Waals surface area (Å²) < 4.78 is 0. The number of H-pyrrole nitrogens is 2. The number of para-hydroxylation sites is 2. The molecule has 0 aliphatic carbocycles. The van der Waals surface area contributed by atoms with Crippen LogP contribution in [0.25, 0.3) is 33.3 Å². The van der Waals surface area contributed by atoms with Gasteiger partial charge in [0.2, 0.25) is 0 Å². The Kier molecular flexibility index (Phi) is 4.95.